The maximum atomic E-state index is 5.87. The highest BCUT2D eigenvalue weighted by atomic mass is 32.2. The van der Waals surface area contributed by atoms with Crippen molar-refractivity contribution < 1.29 is 0 Å². The van der Waals surface area contributed by atoms with E-state index in [1.807, 2.05) is 11.8 Å². The zero-order chi connectivity index (χ0) is 11.1. The smallest absolute Gasteiger partial charge is 0.00745 e. The van der Waals surface area contributed by atoms with E-state index < -0.39 is 0 Å². The van der Waals surface area contributed by atoms with Gasteiger partial charge in [0.15, 0.2) is 0 Å². The molecule has 15 heavy (non-hydrogen) atoms. The quantitative estimate of drug-likeness (QED) is 0.589. The number of hydrogen-bond acceptors (Lipinski definition) is 2. The third kappa shape index (κ3) is 5.24. The van der Waals surface area contributed by atoms with E-state index in [0.29, 0.717) is 6.04 Å². The summed E-state index contributed by atoms with van der Waals surface area (Å²) in [6.45, 7) is 4.29. The first-order valence-electron chi connectivity index (χ1n) is 5.67. The Morgan fingerprint density at radius 3 is 2.87 bits per heavy atom. The number of nitrogens with two attached hydrogens (primary N) is 1. The Morgan fingerprint density at radius 2 is 2.20 bits per heavy atom. The molecule has 0 saturated heterocycles. The standard InChI is InChI=1S/C13H21NS/c1-3-12(14)7-5-9-15-13-8-4-6-11(2)10-13/h4,6,8,10,12H,3,5,7,9,14H2,1-2H3. The number of benzene rings is 1. The lowest BCUT2D eigenvalue weighted by Gasteiger charge is -2.07. The molecule has 0 bridgehead atoms. The molecule has 0 heterocycles. The molecule has 0 aliphatic rings. The van der Waals surface area contributed by atoms with Gasteiger partial charge in [-0.2, -0.15) is 0 Å². The lowest BCUT2D eigenvalue weighted by atomic mass is 10.1. The summed E-state index contributed by atoms with van der Waals surface area (Å²) >= 11 is 1.93. The van der Waals surface area contributed by atoms with Crippen molar-refractivity contribution in [2.24, 2.45) is 5.73 Å². The molecule has 0 spiro atoms. The van der Waals surface area contributed by atoms with E-state index in [0.717, 1.165) is 12.8 Å². The highest BCUT2D eigenvalue weighted by Gasteiger charge is 1.99. The fourth-order valence-electron chi connectivity index (χ4n) is 1.44. The molecule has 1 atom stereocenters. The van der Waals surface area contributed by atoms with Gasteiger partial charge < -0.3 is 5.73 Å². The Morgan fingerprint density at radius 1 is 1.40 bits per heavy atom. The van der Waals surface area contributed by atoms with Crippen molar-refractivity contribution in [3.05, 3.63) is 29.8 Å². The molecule has 0 aromatic heterocycles. The second-order valence-electron chi connectivity index (χ2n) is 3.98. The summed E-state index contributed by atoms with van der Waals surface area (Å²) in [7, 11) is 0. The average molecular weight is 223 g/mol. The maximum absolute atomic E-state index is 5.87. The maximum Gasteiger partial charge on any atom is 0.00745 e. The third-order valence-corrected chi connectivity index (χ3v) is 3.58. The molecule has 1 aromatic rings. The first kappa shape index (κ1) is 12.6. The molecule has 0 fully saturated rings. The molecule has 0 aliphatic heterocycles. The predicted octanol–water partition coefficient (Wildman–Crippen LogP) is 3.60. The zero-order valence-corrected chi connectivity index (χ0v) is 10.5. The van der Waals surface area contributed by atoms with Crippen LogP contribution < -0.4 is 5.73 Å². The Hall–Kier alpha value is -0.470. The molecule has 0 saturated carbocycles. The normalized spacial score (nSPS) is 12.7. The number of rotatable bonds is 6. The van der Waals surface area contributed by atoms with Crippen LogP contribution in [0.4, 0.5) is 0 Å². The van der Waals surface area contributed by atoms with Crippen molar-refractivity contribution >= 4 is 11.8 Å². The van der Waals surface area contributed by atoms with E-state index in [-0.39, 0.29) is 0 Å². The van der Waals surface area contributed by atoms with Crippen molar-refractivity contribution in [2.75, 3.05) is 5.75 Å². The third-order valence-electron chi connectivity index (χ3n) is 2.50. The van der Waals surface area contributed by atoms with E-state index in [9.17, 15) is 0 Å². The highest BCUT2D eigenvalue weighted by molar-refractivity contribution is 7.99. The molecule has 1 nitrogen and oxygen atoms in total. The summed E-state index contributed by atoms with van der Waals surface area (Å²) in [5.41, 5.74) is 7.21. The summed E-state index contributed by atoms with van der Waals surface area (Å²) in [6, 6.07) is 9.07. The van der Waals surface area contributed by atoms with Gasteiger partial charge >= 0.3 is 0 Å². The molecular formula is C13H21NS. The van der Waals surface area contributed by atoms with Gasteiger partial charge in [0.05, 0.1) is 0 Å². The summed E-state index contributed by atoms with van der Waals surface area (Å²) in [4.78, 5) is 1.38. The Balaban J connectivity index is 2.20. The van der Waals surface area contributed by atoms with E-state index >= 15 is 0 Å². The van der Waals surface area contributed by atoms with Gasteiger partial charge in [-0.05, 0) is 44.1 Å². The fourth-order valence-corrected chi connectivity index (χ4v) is 2.44. The molecule has 1 rings (SSSR count). The van der Waals surface area contributed by atoms with Crippen LogP contribution in [0.25, 0.3) is 0 Å². The Kier molecular flexibility index (Phi) is 5.81. The van der Waals surface area contributed by atoms with Crippen LogP contribution in [0.2, 0.25) is 0 Å². The van der Waals surface area contributed by atoms with Crippen LogP contribution in [0.3, 0.4) is 0 Å². The zero-order valence-electron chi connectivity index (χ0n) is 9.70. The van der Waals surface area contributed by atoms with Crippen molar-refractivity contribution in [1.82, 2.24) is 0 Å². The first-order chi connectivity index (χ1) is 7.22. The molecule has 0 amide bonds. The minimum absolute atomic E-state index is 0.392. The number of aryl methyl sites for hydroxylation is 1. The van der Waals surface area contributed by atoms with Gasteiger partial charge in [-0.1, -0.05) is 24.6 Å². The second kappa shape index (κ2) is 6.91. The van der Waals surface area contributed by atoms with Gasteiger partial charge in [0.25, 0.3) is 0 Å². The fraction of sp³-hybridized carbons (Fsp3) is 0.538. The Bertz CT molecular complexity index is 286. The van der Waals surface area contributed by atoms with Gasteiger partial charge in [0.1, 0.15) is 0 Å². The van der Waals surface area contributed by atoms with Crippen LogP contribution in [0.1, 0.15) is 31.7 Å². The van der Waals surface area contributed by atoms with E-state index in [2.05, 4.69) is 38.1 Å². The monoisotopic (exact) mass is 223 g/mol. The summed E-state index contributed by atoms with van der Waals surface area (Å²) in [5, 5.41) is 0. The molecule has 0 radical (unpaired) electrons. The molecule has 84 valence electrons. The topological polar surface area (TPSA) is 26.0 Å². The lowest BCUT2D eigenvalue weighted by molar-refractivity contribution is 0.589. The Labute approximate surface area is 97.4 Å². The second-order valence-corrected chi connectivity index (χ2v) is 5.14. The van der Waals surface area contributed by atoms with Crippen molar-refractivity contribution in [3.63, 3.8) is 0 Å². The van der Waals surface area contributed by atoms with Crippen LogP contribution >= 0.6 is 11.8 Å². The molecular weight excluding hydrogens is 202 g/mol. The molecule has 1 aromatic carbocycles. The van der Waals surface area contributed by atoms with E-state index in [1.54, 1.807) is 0 Å². The molecule has 2 heteroatoms. The minimum Gasteiger partial charge on any atom is -0.328 e. The minimum atomic E-state index is 0.392. The van der Waals surface area contributed by atoms with E-state index in [1.165, 1.54) is 22.6 Å². The summed E-state index contributed by atoms with van der Waals surface area (Å²) in [5.74, 6) is 1.18. The lowest BCUT2D eigenvalue weighted by Crippen LogP contribution is -2.18. The number of hydrogen-bond donors (Lipinski definition) is 1. The van der Waals surface area contributed by atoms with Gasteiger partial charge in [-0.25, -0.2) is 0 Å². The molecule has 0 aliphatic carbocycles. The summed E-state index contributed by atoms with van der Waals surface area (Å²) < 4.78 is 0. The van der Waals surface area contributed by atoms with E-state index in [4.69, 9.17) is 5.73 Å². The first-order valence-corrected chi connectivity index (χ1v) is 6.66. The van der Waals surface area contributed by atoms with Crippen LogP contribution in [-0.4, -0.2) is 11.8 Å². The van der Waals surface area contributed by atoms with Crippen molar-refractivity contribution in [3.8, 4) is 0 Å². The van der Waals surface area contributed by atoms with Gasteiger partial charge in [-0.3, -0.25) is 0 Å². The largest absolute Gasteiger partial charge is 0.328 e. The SMILES string of the molecule is CCC(N)CCCSc1cccc(C)c1. The van der Waals surface area contributed by atoms with Gasteiger partial charge in [-0.15, -0.1) is 11.8 Å². The predicted molar refractivity (Wildman–Crippen MR) is 69.4 cm³/mol. The van der Waals surface area contributed by atoms with Crippen LogP contribution in [0.5, 0.6) is 0 Å². The van der Waals surface area contributed by atoms with Crippen molar-refractivity contribution in [1.29, 1.82) is 0 Å². The number of thioether (sulfide) groups is 1. The molecule has 2 N–H and O–H groups in total. The molecule has 1 unspecified atom stereocenters. The van der Waals surface area contributed by atoms with Gasteiger partial charge in [0.2, 0.25) is 0 Å². The van der Waals surface area contributed by atoms with Crippen molar-refractivity contribution in [2.45, 2.75) is 44.0 Å². The summed E-state index contributed by atoms with van der Waals surface area (Å²) in [6.07, 6.45) is 3.46. The van der Waals surface area contributed by atoms with Crippen LogP contribution in [0, 0.1) is 6.92 Å². The van der Waals surface area contributed by atoms with Crippen LogP contribution in [-0.2, 0) is 0 Å². The average Bonchev–Trinajstić information content (AvgIpc) is 2.24. The highest BCUT2D eigenvalue weighted by Crippen LogP contribution is 2.20. The van der Waals surface area contributed by atoms with Crippen LogP contribution in [0.15, 0.2) is 29.2 Å². The van der Waals surface area contributed by atoms with Gasteiger partial charge in [0, 0.05) is 10.9 Å².